The van der Waals surface area contributed by atoms with Crippen LogP contribution in [0.25, 0.3) is 0 Å². The molecule has 0 heterocycles. The third-order valence-electron chi connectivity index (χ3n) is 2.16. The van der Waals surface area contributed by atoms with Gasteiger partial charge >= 0.3 is 0 Å². The van der Waals surface area contributed by atoms with Gasteiger partial charge in [0.15, 0.2) is 0 Å². The van der Waals surface area contributed by atoms with Gasteiger partial charge in [0, 0.05) is 24.9 Å². The van der Waals surface area contributed by atoms with Crippen LogP contribution in [-0.2, 0) is 4.79 Å². The molecule has 0 N–H and O–H groups in total. The highest BCUT2D eigenvalue weighted by atomic mass is 35.5. The number of amides is 1. The number of hydrogen-bond donors (Lipinski definition) is 0. The SMILES string of the molecule is C=CCN(C(=O)CCCCl)C1CC1. The van der Waals surface area contributed by atoms with Crippen LogP contribution < -0.4 is 0 Å². The minimum absolute atomic E-state index is 0.225. The van der Waals surface area contributed by atoms with Crippen LogP contribution in [0, 0.1) is 0 Å². The summed E-state index contributed by atoms with van der Waals surface area (Å²) in [7, 11) is 0. The second kappa shape index (κ2) is 5.28. The number of carbonyl (C=O) groups is 1. The molecule has 0 aromatic rings. The van der Waals surface area contributed by atoms with Gasteiger partial charge in [0.1, 0.15) is 0 Å². The molecule has 0 saturated heterocycles. The monoisotopic (exact) mass is 201 g/mol. The summed E-state index contributed by atoms with van der Waals surface area (Å²) in [5.74, 6) is 0.793. The number of alkyl halides is 1. The minimum atomic E-state index is 0.225. The van der Waals surface area contributed by atoms with Crippen molar-refractivity contribution in [3.8, 4) is 0 Å². The molecule has 0 spiro atoms. The van der Waals surface area contributed by atoms with E-state index in [2.05, 4.69) is 6.58 Å². The van der Waals surface area contributed by atoms with Gasteiger partial charge in [-0.15, -0.1) is 18.2 Å². The molecule has 1 aliphatic rings. The van der Waals surface area contributed by atoms with Crippen LogP contribution in [0.3, 0.4) is 0 Å². The third-order valence-corrected chi connectivity index (χ3v) is 2.43. The summed E-state index contributed by atoms with van der Waals surface area (Å²) in [6.07, 6.45) is 5.45. The molecule has 0 aromatic heterocycles. The Bertz CT molecular complexity index is 189. The largest absolute Gasteiger partial charge is 0.336 e. The Morgan fingerprint density at radius 1 is 1.62 bits per heavy atom. The zero-order chi connectivity index (χ0) is 9.68. The van der Waals surface area contributed by atoms with Crippen LogP contribution in [0.5, 0.6) is 0 Å². The Morgan fingerprint density at radius 2 is 2.31 bits per heavy atom. The molecule has 1 fully saturated rings. The molecule has 1 aliphatic carbocycles. The van der Waals surface area contributed by atoms with E-state index in [1.807, 2.05) is 4.90 Å². The molecular weight excluding hydrogens is 186 g/mol. The smallest absolute Gasteiger partial charge is 0.223 e. The Balaban J connectivity index is 2.33. The number of hydrogen-bond acceptors (Lipinski definition) is 1. The first-order valence-corrected chi connectivity index (χ1v) is 5.29. The Labute approximate surface area is 84.6 Å². The highest BCUT2D eigenvalue weighted by Gasteiger charge is 2.30. The lowest BCUT2D eigenvalue weighted by Crippen LogP contribution is -2.33. The van der Waals surface area contributed by atoms with Crippen LogP contribution in [0.15, 0.2) is 12.7 Å². The quantitative estimate of drug-likeness (QED) is 0.477. The average molecular weight is 202 g/mol. The number of rotatable bonds is 6. The van der Waals surface area contributed by atoms with Gasteiger partial charge in [0.25, 0.3) is 0 Å². The number of nitrogens with zero attached hydrogens (tertiary/aromatic N) is 1. The van der Waals surface area contributed by atoms with Crippen molar-refractivity contribution in [3.63, 3.8) is 0 Å². The lowest BCUT2D eigenvalue weighted by Gasteiger charge is -2.20. The molecule has 0 aliphatic heterocycles. The fourth-order valence-corrected chi connectivity index (χ4v) is 1.48. The lowest BCUT2D eigenvalue weighted by molar-refractivity contribution is -0.131. The second-order valence-corrected chi connectivity index (χ2v) is 3.74. The van der Waals surface area contributed by atoms with Gasteiger partial charge in [-0.25, -0.2) is 0 Å². The van der Waals surface area contributed by atoms with Gasteiger partial charge in [0.2, 0.25) is 5.91 Å². The first-order chi connectivity index (χ1) is 6.29. The van der Waals surface area contributed by atoms with Crippen molar-refractivity contribution in [2.45, 2.75) is 31.7 Å². The van der Waals surface area contributed by atoms with E-state index >= 15 is 0 Å². The molecule has 74 valence electrons. The van der Waals surface area contributed by atoms with E-state index in [0.29, 0.717) is 24.9 Å². The third kappa shape index (κ3) is 3.39. The maximum absolute atomic E-state index is 11.6. The molecular formula is C10H16ClNO. The van der Waals surface area contributed by atoms with Crippen molar-refractivity contribution in [2.24, 2.45) is 0 Å². The molecule has 1 rings (SSSR count). The lowest BCUT2D eigenvalue weighted by atomic mass is 10.3. The Morgan fingerprint density at radius 3 is 2.77 bits per heavy atom. The highest BCUT2D eigenvalue weighted by molar-refractivity contribution is 6.17. The molecule has 0 unspecified atom stereocenters. The average Bonchev–Trinajstić information content (AvgIpc) is 2.93. The summed E-state index contributed by atoms with van der Waals surface area (Å²) >= 11 is 5.53. The van der Waals surface area contributed by atoms with Gasteiger partial charge in [-0.1, -0.05) is 6.08 Å². The van der Waals surface area contributed by atoms with Crippen LogP contribution in [0.2, 0.25) is 0 Å². The second-order valence-electron chi connectivity index (χ2n) is 3.36. The van der Waals surface area contributed by atoms with Gasteiger partial charge in [-0.2, -0.15) is 0 Å². The van der Waals surface area contributed by atoms with Crippen molar-refractivity contribution in [1.29, 1.82) is 0 Å². The van der Waals surface area contributed by atoms with E-state index in [4.69, 9.17) is 11.6 Å². The normalized spacial score (nSPS) is 15.5. The van der Waals surface area contributed by atoms with Gasteiger partial charge in [0.05, 0.1) is 0 Å². The first kappa shape index (κ1) is 10.6. The zero-order valence-corrected chi connectivity index (χ0v) is 8.59. The van der Waals surface area contributed by atoms with E-state index < -0.39 is 0 Å². The molecule has 0 radical (unpaired) electrons. The van der Waals surface area contributed by atoms with Crippen LogP contribution >= 0.6 is 11.6 Å². The topological polar surface area (TPSA) is 20.3 Å². The molecule has 1 saturated carbocycles. The maximum atomic E-state index is 11.6. The molecule has 0 aromatic carbocycles. The predicted molar refractivity (Wildman–Crippen MR) is 54.9 cm³/mol. The summed E-state index contributed by atoms with van der Waals surface area (Å²) in [6, 6.07) is 0.487. The molecule has 1 amide bonds. The van der Waals surface area contributed by atoms with Crippen LogP contribution in [0.1, 0.15) is 25.7 Å². The van der Waals surface area contributed by atoms with Crippen molar-refractivity contribution in [1.82, 2.24) is 4.90 Å². The van der Waals surface area contributed by atoms with Crippen molar-refractivity contribution in [2.75, 3.05) is 12.4 Å². The summed E-state index contributed by atoms with van der Waals surface area (Å²) in [6.45, 7) is 4.34. The summed E-state index contributed by atoms with van der Waals surface area (Å²) in [5, 5.41) is 0. The fraction of sp³-hybridized carbons (Fsp3) is 0.700. The van der Waals surface area contributed by atoms with E-state index in [1.54, 1.807) is 6.08 Å². The van der Waals surface area contributed by atoms with E-state index in [9.17, 15) is 4.79 Å². The van der Waals surface area contributed by atoms with E-state index in [-0.39, 0.29) is 5.91 Å². The van der Waals surface area contributed by atoms with E-state index in [0.717, 1.165) is 19.3 Å². The summed E-state index contributed by atoms with van der Waals surface area (Å²) in [4.78, 5) is 13.5. The molecule has 0 atom stereocenters. The molecule has 0 bridgehead atoms. The Kier molecular flexibility index (Phi) is 4.29. The van der Waals surface area contributed by atoms with Crippen LogP contribution in [-0.4, -0.2) is 29.3 Å². The predicted octanol–water partition coefficient (Wildman–Crippen LogP) is 2.18. The summed E-state index contributed by atoms with van der Waals surface area (Å²) in [5.41, 5.74) is 0. The van der Waals surface area contributed by atoms with Crippen LogP contribution in [0.4, 0.5) is 0 Å². The standard InChI is InChI=1S/C10H16ClNO/c1-2-8-12(9-5-6-9)10(13)4-3-7-11/h2,9H,1,3-8H2. The van der Waals surface area contributed by atoms with Crippen molar-refractivity contribution < 1.29 is 4.79 Å². The van der Waals surface area contributed by atoms with E-state index in [1.165, 1.54) is 0 Å². The number of carbonyl (C=O) groups excluding carboxylic acids is 1. The summed E-state index contributed by atoms with van der Waals surface area (Å²) < 4.78 is 0. The molecule has 3 heteroatoms. The molecule has 2 nitrogen and oxygen atoms in total. The van der Waals surface area contributed by atoms with Gasteiger partial charge in [-0.05, 0) is 19.3 Å². The fourth-order valence-electron chi connectivity index (χ4n) is 1.34. The first-order valence-electron chi connectivity index (χ1n) is 4.76. The maximum Gasteiger partial charge on any atom is 0.223 e. The number of halogens is 1. The van der Waals surface area contributed by atoms with Gasteiger partial charge in [-0.3, -0.25) is 4.79 Å². The minimum Gasteiger partial charge on any atom is -0.336 e. The molecule has 13 heavy (non-hydrogen) atoms. The van der Waals surface area contributed by atoms with Gasteiger partial charge < -0.3 is 4.90 Å². The zero-order valence-electron chi connectivity index (χ0n) is 7.84. The van der Waals surface area contributed by atoms with Crippen molar-refractivity contribution in [3.05, 3.63) is 12.7 Å². The Hall–Kier alpha value is -0.500. The highest BCUT2D eigenvalue weighted by Crippen LogP contribution is 2.27. The van der Waals surface area contributed by atoms with Crippen molar-refractivity contribution >= 4 is 17.5 Å².